The fourth-order valence-corrected chi connectivity index (χ4v) is 1.93. The van der Waals surface area contributed by atoms with Gasteiger partial charge in [-0.25, -0.2) is 4.98 Å². The van der Waals surface area contributed by atoms with Gasteiger partial charge in [-0.05, 0) is 46.1 Å². The van der Waals surface area contributed by atoms with Crippen molar-refractivity contribution in [3.05, 3.63) is 23.4 Å². The predicted octanol–water partition coefficient (Wildman–Crippen LogP) is 2.75. The van der Waals surface area contributed by atoms with E-state index in [1.165, 1.54) is 6.07 Å². The number of hydrogen-bond acceptors (Lipinski definition) is 4. The zero-order valence-corrected chi connectivity index (χ0v) is 12.4. The molecule has 0 amide bonds. The van der Waals surface area contributed by atoms with Crippen molar-refractivity contribution >= 4 is 5.82 Å². The van der Waals surface area contributed by atoms with E-state index >= 15 is 0 Å². The smallest absolute Gasteiger partial charge is 0.356 e. The first-order valence-electron chi connectivity index (χ1n) is 6.67. The van der Waals surface area contributed by atoms with Gasteiger partial charge in [0.2, 0.25) is 0 Å². The number of nitrogens with zero attached hydrogens (tertiary/aromatic N) is 4. The third-order valence-corrected chi connectivity index (χ3v) is 3.00. The Labute approximate surface area is 122 Å². The van der Waals surface area contributed by atoms with Crippen LogP contribution in [0, 0.1) is 11.3 Å². The van der Waals surface area contributed by atoms with Gasteiger partial charge in [0, 0.05) is 13.1 Å². The minimum Gasteiger partial charge on any atom is -0.356 e. The summed E-state index contributed by atoms with van der Waals surface area (Å²) in [5.74, 6) is 0.105. The third-order valence-electron chi connectivity index (χ3n) is 3.00. The van der Waals surface area contributed by atoms with Crippen molar-refractivity contribution in [3.63, 3.8) is 0 Å². The molecule has 21 heavy (non-hydrogen) atoms. The molecule has 0 spiro atoms. The quantitative estimate of drug-likeness (QED) is 0.810. The Morgan fingerprint density at radius 1 is 1.24 bits per heavy atom. The molecule has 116 valence electrons. The van der Waals surface area contributed by atoms with Crippen molar-refractivity contribution in [1.82, 2.24) is 9.88 Å². The van der Waals surface area contributed by atoms with Crippen LogP contribution >= 0.6 is 0 Å². The fraction of sp³-hybridized carbons (Fsp3) is 0.571. The number of pyridine rings is 1. The van der Waals surface area contributed by atoms with Crippen molar-refractivity contribution in [2.45, 2.75) is 19.5 Å². The summed E-state index contributed by atoms with van der Waals surface area (Å²) < 4.78 is 38.3. The SMILES string of the molecule is CCN(CCCN(C)C)c1nc(C(F)(F)F)ccc1C#N. The normalized spacial score (nSPS) is 11.5. The minimum atomic E-state index is -4.51. The second kappa shape index (κ2) is 7.27. The number of hydrogen-bond donors (Lipinski definition) is 0. The van der Waals surface area contributed by atoms with Crippen LogP contribution in [0.25, 0.3) is 0 Å². The summed E-state index contributed by atoms with van der Waals surface area (Å²) in [5, 5.41) is 9.06. The number of halogens is 3. The van der Waals surface area contributed by atoms with E-state index in [1.807, 2.05) is 32.0 Å². The number of aromatic nitrogens is 1. The van der Waals surface area contributed by atoms with Gasteiger partial charge in [0.15, 0.2) is 0 Å². The van der Waals surface area contributed by atoms with Crippen LogP contribution < -0.4 is 4.90 Å². The first kappa shape index (κ1) is 17.2. The first-order valence-corrected chi connectivity index (χ1v) is 6.67. The molecule has 0 aromatic carbocycles. The van der Waals surface area contributed by atoms with Gasteiger partial charge in [-0.3, -0.25) is 0 Å². The fourth-order valence-electron chi connectivity index (χ4n) is 1.93. The molecule has 7 heteroatoms. The lowest BCUT2D eigenvalue weighted by molar-refractivity contribution is -0.141. The predicted molar refractivity (Wildman–Crippen MR) is 75.0 cm³/mol. The number of alkyl halides is 3. The lowest BCUT2D eigenvalue weighted by Crippen LogP contribution is -2.29. The molecule has 0 aliphatic rings. The highest BCUT2D eigenvalue weighted by Gasteiger charge is 2.33. The van der Waals surface area contributed by atoms with Gasteiger partial charge < -0.3 is 9.80 Å². The molecule has 0 aliphatic heterocycles. The maximum atomic E-state index is 12.8. The highest BCUT2D eigenvalue weighted by molar-refractivity contribution is 5.54. The Kier molecular flexibility index (Phi) is 5.97. The standard InChI is InChI=1S/C14H19F3N4/c1-4-21(9-5-8-20(2)3)13-11(10-18)6-7-12(19-13)14(15,16)17/h6-7H,4-5,8-9H2,1-3H3. The molecule has 0 unspecified atom stereocenters. The van der Waals surface area contributed by atoms with Gasteiger partial charge >= 0.3 is 6.18 Å². The minimum absolute atomic E-state index is 0.105. The molecule has 0 fully saturated rings. The van der Waals surface area contributed by atoms with Gasteiger partial charge in [-0.2, -0.15) is 18.4 Å². The van der Waals surface area contributed by atoms with Crippen molar-refractivity contribution in [2.75, 3.05) is 38.6 Å². The molecule has 0 aliphatic carbocycles. The van der Waals surface area contributed by atoms with Crippen LogP contribution in [0.4, 0.5) is 19.0 Å². The Morgan fingerprint density at radius 3 is 2.38 bits per heavy atom. The highest BCUT2D eigenvalue weighted by Crippen LogP contribution is 2.30. The summed E-state index contributed by atoms with van der Waals surface area (Å²) in [5.41, 5.74) is -0.808. The van der Waals surface area contributed by atoms with Gasteiger partial charge in [-0.15, -0.1) is 0 Å². The van der Waals surface area contributed by atoms with E-state index in [9.17, 15) is 13.2 Å². The van der Waals surface area contributed by atoms with Crippen LogP contribution in [0.3, 0.4) is 0 Å². The molecule has 0 saturated carbocycles. The van der Waals surface area contributed by atoms with Crippen molar-refractivity contribution < 1.29 is 13.2 Å². The van der Waals surface area contributed by atoms with E-state index in [2.05, 4.69) is 4.98 Å². The molecule has 1 aromatic heterocycles. The Morgan fingerprint density at radius 2 is 1.90 bits per heavy atom. The van der Waals surface area contributed by atoms with Crippen LogP contribution in [0.15, 0.2) is 12.1 Å². The highest BCUT2D eigenvalue weighted by atomic mass is 19.4. The maximum Gasteiger partial charge on any atom is 0.433 e. The zero-order valence-electron chi connectivity index (χ0n) is 12.4. The van der Waals surface area contributed by atoms with Crippen LogP contribution in [0.2, 0.25) is 0 Å². The molecule has 0 bridgehead atoms. The molecular formula is C14H19F3N4. The van der Waals surface area contributed by atoms with E-state index < -0.39 is 11.9 Å². The molecule has 4 nitrogen and oxygen atoms in total. The van der Waals surface area contributed by atoms with E-state index in [-0.39, 0.29) is 11.4 Å². The van der Waals surface area contributed by atoms with Crippen LogP contribution in [-0.4, -0.2) is 43.6 Å². The van der Waals surface area contributed by atoms with Crippen LogP contribution in [0.1, 0.15) is 24.6 Å². The first-order chi connectivity index (χ1) is 9.79. The van der Waals surface area contributed by atoms with Crippen molar-refractivity contribution in [2.24, 2.45) is 0 Å². The maximum absolute atomic E-state index is 12.8. The van der Waals surface area contributed by atoms with Crippen LogP contribution in [-0.2, 0) is 6.18 Å². The lowest BCUT2D eigenvalue weighted by Gasteiger charge is -2.24. The third kappa shape index (κ3) is 4.90. The molecule has 1 aromatic rings. The molecule has 0 saturated heterocycles. The summed E-state index contributed by atoms with van der Waals surface area (Å²) in [4.78, 5) is 7.35. The molecular weight excluding hydrogens is 281 g/mol. The Bertz CT molecular complexity index is 506. The summed E-state index contributed by atoms with van der Waals surface area (Å²) in [6.45, 7) is 3.70. The summed E-state index contributed by atoms with van der Waals surface area (Å²) in [6, 6.07) is 3.93. The van der Waals surface area contributed by atoms with E-state index in [0.29, 0.717) is 13.1 Å². The zero-order chi connectivity index (χ0) is 16.0. The summed E-state index contributed by atoms with van der Waals surface area (Å²) >= 11 is 0. The van der Waals surface area contributed by atoms with E-state index in [4.69, 9.17) is 5.26 Å². The monoisotopic (exact) mass is 300 g/mol. The van der Waals surface area contributed by atoms with Crippen molar-refractivity contribution in [3.8, 4) is 6.07 Å². The molecule has 0 N–H and O–H groups in total. The molecule has 0 atom stereocenters. The summed E-state index contributed by atoms with van der Waals surface area (Å²) in [7, 11) is 3.86. The van der Waals surface area contributed by atoms with Gasteiger partial charge in [0.25, 0.3) is 0 Å². The average molecular weight is 300 g/mol. The molecule has 1 heterocycles. The lowest BCUT2D eigenvalue weighted by atomic mass is 10.2. The van der Waals surface area contributed by atoms with E-state index in [0.717, 1.165) is 19.0 Å². The molecule has 1 rings (SSSR count). The molecule has 0 radical (unpaired) electrons. The van der Waals surface area contributed by atoms with Gasteiger partial charge in [0.1, 0.15) is 17.6 Å². The van der Waals surface area contributed by atoms with Gasteiger partial charge in [-0.1, -0.05) is 0 Å². The van der Waals surface area contributed by atoms with Gasteiger partial charge in [0.05, 0.1) is 5.56 Å². The largest absolute Gasteiger partial charge is 0.433 e. The second-order valence-electron chi connectivity index (χ2n) is 4.91. The topological polar surface area (TPSA) is 43.2 Å². The number of rotatable bonds is 6. The number of anilines is 1. The Hall–Kier alpha value is -1.81. The van der Waals surface area contributed by atoms with Crippen molar-refractivity contribution in [1.29, 1.82) is 5.26 Å². The average Bonchev–Trinajstić information content (AvgIpc) is 2.41. The number of nitriles is 1. The second-order valence-corrected chi connectivity index (χ2v) is 4.91. The van der Waals surface area contributed by atoms with Crippen LogP contribution in [0.5, 0.6) is 0 Å². The van der Waals surface area contributed by atoms with E-state index in [1.54, 1.807) is 4.90 Å². The summed E-state index contributed by atoms with van der Waals surface area (Å²) in [6.07, 6.45) is -3.73. The Balaban J connectivity index is 3.03.